The Morgan fingerprint density at radius 3 is 2.78 bits per heavy atom. The van der Waals surface area contributed by atoms with Gasteiger partial charge in [-0.1, -0.05) is 23.7 Å². The van der Waals surface area contributed by atoms with Crippen LogP contribution in [0.15, 0.2) is 54.7 Å². The normalized spacial score (nSPS) is 10.9. The van der Waals surface area contributed by atoms with E-state index in [0.29, 0.717) is 5.75 Å². The maximum absolute atomic E-state index is 9.46. The molecule has 0 amide bonds. The van der Waals surface area contributed by atoms with Crippen LogP contribution < -0.4 is 0 Å². The average molecular weight is 258 g/mol. The number of fused-ring (bicyclic) bond motifs is 1. The summed E-state index contributed by atoms with van der Waals surface area (Å²) in [7, 11) is 0. The second kappa shape index (κ2) is 4.39. The minimum Gasteiger partial charge on any atom is -0.508 e. The molecule has 90 valence electrons. The fourth-order valence-corrected chi connectivity index (χ4v) is 2.34. The molecule has 1 N–H and O–H groups in total. The molecule has 0 aliphatic heterocycles. The van der Waals surface area contributed by atoms with E-state index in [1.165, 1.54) is 0 Å². The second-order valence-electron chi connectivity index (χ2n) is 4.32. The first-order chi connectivity index (χ1) is 8.72. The van der Waals surface area contributed by atoms with Crippen molar-refractivity contribution in [3.63, 3.8) is 0 Å². The van der Waals surface area contributed by atoms with Gasteiger partial charge in [-0.15, -0.1) is 0 Å². The smallest absolute Gasteiger partial charge is 0.115 e. The third kappa shape index (κ3) is 2.07. The summed E-state index contributed by atoms with van der Waals surface area (Å²) >= 11 is 5.97. The molecular weight excluding hydrogens is 246 g/mol. The quantitative estimate of drug-likeness (QED) is 0.736. The number of phenols is 1. The van der Waals surface area contributed by atoms with Crippen molar-refractivity contribution in [1.29, 1.82) is 0 Å². The summed E-state index contributed by atoms with van der Waals surface area (Å²) in [5.74, 6) is 0.298. The predicted octanol–water partition coefficient (Wildman–Crippen LogP) is 4.05. The molecule has 3 aromatic rings. The first kappa shape index (κ1) is 11.2. The number of hydrogen-bond donors (Lipinski definition) is 1. The van der Waals surface area contributed by atoms with E-state index < -0.39 is 0 Å². The molecule has 0 saturated heterocycles. The van der Waals surface area contributed by atoms with Crippen LogP contribution in [-0.4, -0.2) is 9.67 Å². The molecule has 0 fully saturated rings. The highest BCUT2D eigenvalue weighted by Gasteiger charge is 2.02. The number of benzene rings is 2. The summed E-state index contributed by atoms with van der Waals surface area (Å²) in [6.45, 7) is 0.736. The SMILES string of the molecule is Oc1cccc(Cn2ccc3cc(Cl)ccc32)c1. The third-order valence-corrected chi connectivity index (χ3v) is 3.23. The molecule has 0 saturated carbocycles. The minimum absolute atomic E-state index is 0.298. The van der Waals surface area contributed by atoms with E-state index in [4.69, 9.17) is 11.6 Å². The van der Waals surface area contributed by atoms with Crippen LogP contribution in [0.5, 0.6) is 5.75 Å². The lowest BCUT2D eigenvalue weighted by atomic mass is 10.2. The number of phenolic OH excluding ortho intramolecular Hbond substituents is 1. The van der Waals surface area contributed by atoms with Crippen LogP contribution in [0.3, 0.4) is 0 Å². The highest BCUT2D eigenvalue weighted by molar-refractivity contribution is 6.31. The molecule has 0 radical (unpaired) electrons. The maximum atomic E-state index is 9.46. The van der Waals surface area contributed by atoms with Crippen molar-refractivity contribution < 1.29 is 5.11 Å². The fourth-order valence-electron chi connectivity index (χ4n) is 2.16. The van der Waals surface area contributed by atoms with Gasteiger partial charge < -0.3 is 9.67 Å². The Morgan fingerprint density at radius 2 is 1.94 bits per heavy atom. The molecule has 2 aromatic carbocycles. The zero-order chi connectivity index (χ0) is 12.5. The standard InChI is InChI=1S/C15H12ClNO/c16-13-4-5-15-12(9-13)6-7-17(15)10-11-2-1-3-14(18)8-11/h1-9,18H,10H2. The molecule has 3 heteroatoms. The number of aromatic nitrogens is 1. The lowest BCUT2D eigenvalue weighted by molar-refractivity contribution is 0.474. The van der Waals surface area contributed by atoms with Crippen LogP contribution >= 0.6 is 11.6 Å². The Morgan fingerprint density at radius 1 is 1.06 bits per heavy atom. The topological polar surface area (TPSA) is 25.2 Å². The Kier molecular flexibility index (Phi) is 2.73. The highest BCUT2D eigenvalue weighted by Crippen LogP contribution is 2.22. The Labute approximate surface area is 110 Å². The summed E-state index contributed by atoms with van der Waals surface area (Å²) in [6, 6.07) is 15.2. The van der Waals surface area contributed by atoms with Gasteiger partial charge in [-0.05, 0) is 42.0 Å². The number of halogens is 1. The molecule has 0 bridgehead atoms. The van der Waals surface area contributed by atoms with E-state index in [1.807, 2.05) is 42.6 Å². The molecular formula is C15H12ClNO. The van der Waals surface area contributed by atoms with Gasteiger partial charge in [0.2, 0.25) is 0 Å². The van der Waals surface area contributed by atoms with Crippen molar-refractivity contribution in [3.8, 4) is 5.75 Å². The molecule has 1 aromatic heterocycles. The van der Waals surface area contributed by atoms with Crippen LogP contribution in [0.25, 0.3) is 10.9 Å². The van der Waals surface area contributed by atoms with E-state index in [0.717, 1.165) is 28.0 Å². The van der Waals surface area contributed by atoms with Gasteiger partial charge in [0.15, 0.2) is 0 Å². The van der Waals surface area contributed by atoms with Crippen molar-refractivity contribution in [2.75, 3.05) is 0 Å². The maximum Gasteiger partial charge on any atom is 0.115 e. The van der Waals surface area contributed by atoms with E-state index in [1.54, 1.807) is 12.1 Å². The summed E-state index contributed by atoms with van der Waals surface area (Å²) in [5, 5.41) is 11.3. The molecule has 0 atom stereocenters. The van der Waals surface area contributed by atoms with Gasteiger partial charge >= 0.3 is 0 Å². The van der Waals surface area contributed by atoms with Crippen LogP contribution in [0.2, 0.25) is 5.02 Å². The van der Waals surface area contributed by atoms with Gasteiger partial charge in [0.05, 0.1) is 0 Å². The first-order valence-electron chi connectivity index (χ1n) is 5.75. The van der Waals surface area contributed by atoms with E-state index in [-0.39, 0.29) is 0 Å². The number of rotatable bonds is 2. The molecule has 1 heterocycles. The second-order valence-corrected chi connectivity index (χ2v) is 4.75. The summed E-state index contributed by atoms with van der Waals surface area (Å²) in [6.07, 6.45) is 2.03. The number of aromatic hydroxyl groups is 1. The largest absolute Gasteiger partial charge is 0.508 e. The van der Waals surface area contributed by atoms with Crippen molar-refractivity contribution in [2.45, 2.75) is 6.54 Å². The minimum atomic E-state index is 0.298. The van der Waals surface area contributed by atoms with Gasteiger partial charge in [0.25, 0.3) is 0 Å². The Balaban J connectivity index is 2.00. The molecule has 3 rings (SSSR count). The molecule has 0 aliphatic carbocycles. The van der Waals surface area contributed by atoms with E-state index >= 15 is 0 Å². The predicted molar refractivity (Wildman–Crippen MR) is 74.2 cm³/mol. The van der Waals surface area contributed by atoms with Crippen LogP contribution in [0.1, 0.15) is 5.56 Å². The van der Waals surface area contributed by atoms with Crippen LogP contribution in [-0.2, 0) is 6.54 Å². The number of hydrogen-bond acceptors (Lipinski definition) is 1. The summed E-state index contributed by atoms with van der Waals surface area (Å²) < 4.78 is 2.14. The fraction of sp³-hybridized carbons (Fsp3) is 0.0667. The van der Waals surface area contributed by atoms with Crippen molar-refractivity contribution in [3.05, 3.63) is 65.3 Å². The van der Waals surface area contributed by atoms with Gasteiger partial charge in [-0.2, -0.15) is 0 Å². The van der Waals surface area contributed by atoms with Gasteiger partial charge in [-0.25, -0.2) is 0 Å². The van der Waals surface area contributed by atoms with Crippen LogP contribution in [0, 0.1) is 0 Å². The summed E-state index contributed by atoms with van der Waals surface area (Å²) in [4.78, 5) is 0. The molecule has 2 nitrogen and oxygen atoms in total. The first-order valence-corrected chi connectivity index (χ1v) is 6.12. The molecule has 0 aliphatic rings. The van der Waals surface area contributed by atoms with Gasteiger partial charge in [0.1, 0.15) is 5.75 Å². The van der Waals surface area contributed by atoms with Gasteiger partial charge in [-0.3, -0.25) is 0 Å². The molecule has 18 heavy (non-hydrogen) atoms. The van der Waals surface area contributed by atoms with Crippen molar-refractivity contribution in [1.82, 2.24) is 4.57 Å². The molecule has 0 spiro atoms. The number of nitrogens with zero attached hydrogens (tertiary/aromatic N) is 1. The lowest BCUT2D eigenvalue weighted by Gasteiger charge is -2.06. The zero-order valence-electron chi connectivity index (χ0n) is 9.68. The third-order valence-electron chi connectivity index (χ3n) is 3.00. The zero-order valence-corrected chi connectivity index (χ0v) is 10.4. The van der Waals surface area contributed by atoms with E-state index in [2.05, 4.69) is 4.57 Å². The van der Waals surface area contributed by atoms with Crippen LogP contribution in [0.4, 0.5) is 0 Å². The lowest BCUT2D eigenvalue weighted by Crippen LogP contribution is -1.97. The van der Waals surface area contributed by atoms with Crippen molar-refractivity contribution >= 4 is 22.5 Å². The molecule has 0 unspecified atom stereocenters. The Hall–Kier alpha value is -1.93. The summed E-state index contributed by atoms with van der Waals surface area (Å²) in [5.41, 5.74) is 2.21. The van der Waals surface area contributed by atoms with Gasteiger partial charge in [0, 0.05) is 28.7 Å². The van der Waals surface area contributed by atoms with E-state index in [9.17, 15) is 5.11 Å². The Bertz CT molecular complexity index is 703. The monoisotopic (exact) mass is 257 g/mol. The van der Waals surface area contributed by atoms with Crippen molar-refractivity contribution in [2.24, 2.45) is 0 Å². The average Bonchev–Trinajstić information content (AvgIpc) is 2.72. The highest BCUT2D eigenvalue weighted by atomic mass is 35.5.